The topological polar surface area (TPSA) is 63.0 Å². The molecule has 0 spiro atoms. The number of pyridine rings is 1. The summed E-state index contributed by atoms with van der Waals surface area (Å²) in [4.78, 5) is 24.5. The van der Waals surface area contributed by atoms with Gasteiger partial charge in [-0.15, -0.1) is 0 Å². The predicted molar refractivity (Wildman–Crippen MR) is 110 cm³/mol. The molecule has 0 bridgehead atoms. The number of hydrogen-bond donors (Lipinski definition) is 1. The van der Waals surface area contributed by atoms with Crippen molar-refractivity contribution >= 4 is 49.3 Å². The van der Waals surface area contributed by atoms with E-state index < -0.39 is 0 Å². The third kappa shape index (κ3) is 3.77. The van der Waals surface area contributed by atoms with E-state index in [1.54, 1.807) is 12.3 Å². The van der Waals surface area contributed by atoms with Crippen LogP contribution in [-0.2, 0) is 5.75 Å². The van der Waals surface area contributed by atoms with Crippen LogP contribution < -0.4 is 5.56 Å². The molecule has 130 valence electrons. The molecule has 0 amide bonds. The second-order valence-electron chi connectivity index (χ2n) is 5.56. The van der Waals surface area contributed by atoms with E-state index in [4.69, 9.17) is 0 Å². The minimum Gasteiger partial charge on any atom is -0.333 e. The van der Waals surface area contributed by atoms with Gasteiger partial charge in [0.25, 0.3) is 5.56 Å². The van der Waals surface area contributed by atoms with E-state index in [0.717, 1.165) is 31.1 Å². The number of nitrogens with one attached hydrogen (secondary N) is 1. The van der Waals surface area contributed by atoms with Crippen LogP contribution >= 0.6 is 43.6 Å². The Balaban J connectivity index is 1.52. The zero-order valence-electron chi connectivity index (χ0n) is 13.3. The van der Waals surface area contributed by atoms with Crippen molar-refractivity contribution in [3.63, 3.8) is 0 Å². The first-order chi connectivity index (χ1) is 12.6. The average Bonchev–Trinajstić information content (AvgIpc) is 3.10. The molecule has 0 saturated heterocycles. The fraction of sp³-hybridized carbons (Fsp3) is 0.0556. The summed E-state index contributed by atoms with van der Waals surface area (Å²) in [6.45, 7) is 0. The summed E-state index contributed by atoms with van der Waals surface area (Å²) in [5, 5.41) is 0.792. The number of H-pyrrole nitrogens is 1. The standard InChI is InChI=1S/C18H12Br2N4OS/c19-12-3-1-11(2-4-12)15-8-21-18(23-15)26-10-14-7-17(25)24-9-13(20)5-6-16(24)22-14/h1-9H,10H2,(H,21,23). The Morgan fingerprint density at radius 2 is 1.85 bits per heavy atom. The molecule has 3 heterocycles. The second kappa shape index (κ2) is 7.38. The fourth-order valence-corrected chi connectivity index (χ4v) is 3.84. The van der Waals surface area contributed by atoms with Crippen molar-refractivity contribution in [1.29, 1.82) is 0 Å². The SMILES string of the molecule is O=c1cc(CSc2ncc(-c3ccc(Br)cc3)[nH]2)nc2ccc(Br)cn12. The lowest BCUT2D eigenvalue weighted by Gasteiger charge is -2.04. The van der Waals surface area contributed by atoms with Crippen LogP contribution in [0.15, 0.2) is 73.8 Å². The molecule has 0 aliphatic heterocycles. The van der Waals surface area contributed by atoms with Crippen LogP contribution in [0.1, 0.15) is 5.69 Å². The summed E-state index contributed by atoms with van der Waals surface area (Å²) < 4.78 is 3.40. The number of thioether (sulfide) groups is 1. The van der Waals surface area contributed by atoms with Crippen LogP contribution in [0.2, 0.25) is 0 Å². The maximum atomic E-state index is 12.2. The molecule has 1 N–H and O–H groups in total. The van der Waals surface area contributed by atoms with Crippen LogP contribution in [0.25, 0.3) is 16.9 Å². The molecule has 26 heavy (non-hydrogen) atoms. The molecule has 5 nitrogen and oxygen atoms in total. The highest BCUT2D eigenvalue weighted by Crippen LogP contribution is 2.24. The lowest BCUT2D eigenvalue weighted by atomic mass is 10.2. The van der Waals surface area contributed by atoms with Gasteiger partial charge in [0, 0.05) is 27.0 Å². The molecule has 0 radical (unpaired) electrons. The minimum atomic E-state index is -0.0955. The Kier molecular flexibility index (Phi) is 4.97. The van der Waals surface area contributed by atoms with Gasteiger partial charge in [0.1, 0.15) is 5.65 Å². The van der Waals surface area contributed by atoms with E-state index in [9.17, 15) is 4.79 Å². The van der Waals surface area contributed by atoms with Gasteiger partial charge in [0.15, 0.2) is 5.16 Å². The molecule has 0 atom stereocenters. The van der Waals surface area contributed by atoms with Gasteiger partial charge >= 0.3 is 0 Å². The molecule has 0 aliphatic carbocycles. The van der Waals surface area contributed by atoms with E-state index in [0.29, 0.717) is 11.4 Å². The van der Waals surface area contributed by atoms with E-state index in [1.165, 1.54) is 16.2 Å². The Morgan fingerprint density at radius 1 is 1.08 bits per heavy atom. The van der Waals surface area contributed by atoms with E-state index >= 15 is 0 Å². The van der Waals surface area contributed by atoms with Crippen molar-refractivity contribution in [2.45, 2.75) is 10.9 Å². The van der Waals surface area contributed by atoms with Crippen LogP contribution in [0.5, 0.6) is 0 Å². The van der Waals surface area contributed by atoms with Gasteiger partial charge in [0.2, 0.25) is 0 Å². The van der Waals surface area contributed by atoms with Gasteiger partial charge in [-0.3, -0.25) is 9.20 Å². The Morgan fingerprint density at radius 3 is 2.65 bits per heavy atom. The van der Waals surface area contributed by atoms with Gasteiger partial charge in [0.05, 0.1) is 17.6 Å². The second-order valence-corrected chi connectivity index (χ2v) is 8.35. The summed E-state index contributed by atoms with van der Waals surface area (Å²) in [5.41, 5.74) is 3.29. The molecular weight excluding hydrogens is 480 g/mol. The third-order valence-corrected chi connectivity index (χ3v) is 5.66. The number of imidazole rings is 1. The van der Waals surface area contributed by atoms with Crippen LogP contribution in [0.3, 0.4) is 0 Å². The third-order valence-electron chi connectivity index (χ3n) is 3.74. The van der Waals surface area contributed by atoms with Crippen LogP contribution in [0, 0.1) is 0 Å². The van der Waals surface area contributed by atoms with Crippen LogP contribution in [0.4, 0.5) is 0 Å². The first-order valence-corrected chi connectivity index (χ1v) is 10.3. The number of halogens is 2. The predicted octanol–water partition coefficient (Wildman–Crippen LogP) is 4.90. The Labute approximate surface area is 170 Å². The van der Waals surface area contributed by atoms with Crippen LogP contribution in [-0.4, -0.2) is 19.4 Å². The number of fused-ring (bicyclic) bond motifs is 1. The lowest BCUT2D eigenvalue weighted by Crippen LogP contribution is -2.15. The monoisotopic (exact) mass is 490 g/mol. The van der Waals surface area contributed by atoms with Gasteiger partial charge in [-0.25, -0.2) is 9.97 Å². The fourth-order valence-electron chi connectivity index (χ4n) is 2.49. The van der Waals surface area contributed by atoms with Crippen molar-refractivity contribution in [2.75, 3.05) is 0 Å². The van der Waals surface area contributed by atoms with Gasteiger partial charge in [-0.2, -0.15) is 0 Å². The van der Waals surface area contributed by atoms with Crippen molar-refractivity contribution in [3.05, 3.63) is 79.9 Å². The van der Waals surface area contributed by atoms with Gasteiger partial charge < -0.3 is 4.98 Å². The highest BCUT2D eigenvalue weighted by atomic mass is 79.9. The molecule has 0 saturated carbocycles. The average molecular weight is 492 g/mol. The minimum absolute atomic E-state index is 0.0955. The maximum absolute atomic E-state index is 12.2. The summed E-state index contributed by atoms with van der Waals surface area (Å²) in [6, 6.07) is 13.3. The molecule has 0 fully saturated rings. The maximum Gasteiger partial charge on any atom is 0.258 e. The zero-order chi connectivity index (χ0) is 18.1. The smallest absolute Gasteiger partial charge is 0.258 e. The zero-order valence-corrected chi connectivity index (χ0v) is 17.3. The molecule has 3 aromatic heterocycles. The van der Waals surface area contributed by atoms with Gasteiger partial charge in [-0.1, -0.05) is 39.8 Å². The highest BCUT2D eigenvalue weighted by molar-refractivity contribution is 9.10. The number of rotatable bonds is 4. The number of aromatic nitrogens is 4. The number of aromatic amines is 1. The lowest BCUT2D eigenvalue weighted by molar-refractivity contribution is 1.00. The van der Waals surface area contributed by atoms with Crippen molar-refractivity contribution in [3.8, 4) is 11.3 Å². The summed E-state index contributed by atoms with van der Waals surface area (Å²) in [6.07, 6.45) is 3.53. The molecule has 4 aromatic rings. The Bertz CT molecular complexity index is 1140. The summed E-state index contributed by atoms with van der Waals surface area (Å²) in [7, 11) is 0. The number of benzene rings is 1. The van der Waals surface area contributed by atoms with E-state index in [-0.39, 0.29) is 5.56 Å². The van der Waals surface area contributed by atoms with Crippen molar-refractivity contribution in [2.24, 2.45) is 0 Å². The van der Waals surface area contributed by atoms with Gasteiger partial charge in [-0.05, 0) is 45.8 Å². The molecule has 0 unspecified atom stereocenters. The highest BCUT2D eigenvalue weighted by Gasteiger charge is 2.07. The largest absolute Gasteiger partial charge is 0.333 e. The normalized spacial score (nSPS) is 11.2. The Hall–Kier alpha value is -1.90. The first kappa shape index (κ1) is 17.5. The summed E-state index contributed by atoms with van der Waals surface area (Å²) in [5.74, 6) is 0.565. The summed E-state index contributed by atoms with van der Waals surface area (Å²) >= 11 is 8.32. The molecule has 4 rings (SSSR count). The van der Waals surface area contributed by atoms with E-state index in [1.807, 2.05) is 42.6 Å². The molecule has 0 aliphatic rings. The van der Waals surface area contributed by atoms with Crippen molar-refractivity contribution in [1.82, 2.24) is 19.4 Å². The quantitative estimate of drug-likeness (QED) is 0.412. The number of hydrogen-bond acceptors (Lipinski definition) is 4. The van der Waals surface area contributed by atoms with E-state index in [2.05, 4.69) is 46.8 Å². The van der Waals surface area contributed by atoms with Crippen molar-refractivity contribution < 1.29 is 0 Å². The molecule has 1 aromatic carbocycles. The molecule has 8 heteroatoms. The molecular formula is C18H12Br2N4OS. The number of nitrogens with zero attached hydrogens (tertiary/aromatic N) is 3. The first-order valence-electron chi connectivity index (χ1n) is 7.70.